The van der Waals surface area contributed by atoms with Gasteiger partial charge in [-0.15, -0.1) is 11.8 Å². The first-order valence-electron chi connectivity index (χ1n) is 7.21. The SMILES string of the molecule is C[C@@H]1Oc2ccc(NC(=O)CSc3ccccc3)cc2NC1=O. The minimum atomic E-state index is -0.509. The lowest BCUT2D eigenvalue weighted by Crippen LogP contribution is -2.34. The molecule has 2 N–H and O–H groups in total. The van der Waals surface area contributed by atoms with Crippen LogP contribution < -0.4 is 15.4 Å². The molecule has 0 saturated heterocycles. The number of ether oxygens (including phenoxy) is 1. The van der Waals surface area contributed by atoms with Crippen LogP contribution in [0.15, 0.2) is 53.4 Å². The standard InChI is InChI=1S/C17H16N2O3S/c1-11-17(21)19-14-9-12(7-8-15(14)22-11)18-16(20)10-23-13-5-3-2-4-6-13/h2-9,11H,10H2,1H3,(H,18,20)(H,19,21)/t11-/m0/s1. The molecule has 23 heavy (non-hydrogen) atoms. The lowest BCUT2D eigenvalue weighted by atomic mass is 10.2. The molecule has 0 bridgehead atoms. The number of carbonyl (C=O) groups excluding carboxylic acids is 2. The van der Waals surface area contributed by atoms with E-state index in [1.54, 1.807) is 25.1 Å². The van der Waals surface area contributed by atoms with E-state index in [2.05, 4.69) is 10.6 Å². The van der Waals surface area contributed by atoms with Crippen molar-refractivity contribution in [2.24, 2.45) is 0 Å². The lowest BCUT2D eigenvalue weighted by molar-refractivity contribution is -0.122. The molecule has 2 aromatic rings. The van der Waals surface area contributed by atoms with Gasteiger partial charge in [-0.2, -0.15) is 0 Å². The predicted octanol–water partition coefficient (Wildman–Crippen LogP) is 3.14. The maximum Gasteiger partial charge on any atom is 0.265 e. The van der Waals surface area contributed by atoms with E-state index in [-0.39, 0.29) is 11.8 Å². The molecule has 3 rings (SSSR count). The second kappa shape index (κ2) is 6.75. The fourth-order valence-corrected chi connectivity index (χ4v) is 2.87. The molecule has 0 radical (unpaired) electrons. The van der Waals surface area contributed by atoms with Gasteiger partial charge in [-0.05, 0) is 37.3 Å². The Labute approximate surface area is 138 Å². The summed E-state index contributed by atoms with van der Waals surface area (Å²) in [5, 5.41) is 5.58. The molecule has 0 saturated carbocycles. The van der Waals surface area contributed by atoms with Gasteiger partial charge in [0.05, 0.1) is 11.4 Å². The van der Waals surface area contributed by atoms with E-state index < -0.39 is 6.10 Å². The average Bonchev–Trinajstić information content (AvgIpc) is 2.55. The number of hydrogen-bond acceptors (Lipinski definition) is 4. The van der Waals surface area contributed by atoms with Gasteiger partial charge >= 0.3 is 0 Å². The predicted molar refractivity (Wildman–Crippen MR) is 91.0 cm³/mol. The summed E-state index contributed by atoms with van der Waals surface area (Å²) in [5.41, 5.74) is 1.20. The summed E-state index contributed by atoms with van der Waals surface area (Å²) in [6, 6.07) is 14.9. The van der Waals surface area contributed by atoms with Crippen LogP contribution >= 0.6 is 11.8 Å². The zero-order chi connectivity index (χ0) is 16.2. The molecular formula is C17H16N2O3S. The third kappa shape index (κ3) is 3.84. The second-order valence-electron chi connectivity index (χ2n) is 5.11. The number of hydrogen-bond donors (Lipinski definition) is 2. The number of benzene rings is 2. The van der Waals surface area contributed by atoms with Gasteiger partial charge in [0.25, 0.3) is 5.91 Å². The summed E-state index contributed by atoms with van der Waals surface area (Å²) in [5.74, 6) is 0.630. The Hall–Kier alpha value is -2.47. The van der Waals surface area contributed by atoms with E-state index in [1.165, 1.54) is 11.8 Å². The molecule has 6 heteroatoms. The second-order valence-corrected chi connectivity index (χ2v) is 6.16. The summed E-state index contributed by atoms with van der Waals surface area (Å²) >= 11 is 1.47. The van der Waals surface area contributed by atoms with E-state index in [0.29, 0.717) is 22.9 Å². The molecule has 5 nitrogen and oxygen atoms in total. The zero-order valence-corrected chi connectivity index (χ0v) is 13.4. The molecule has 1 aliphatic rings. The Kier molecular flexibility index (Phi) is 4.52. The summed E-state index contributed by atoms with van der Waals surface area (Å²) in [6.45, 7) is 1.69. The molecular weight excluding hydrogens is 312 g/mol. The molecule has 2 aromatic carbocycles. The number of rotatable bonds is 4. The molecule has 0 aromatic heterocycles. The summed E-state index contributed by atoms with van der Waals surface area (Å²) < 4.78 is 5.48. The largest absolute Gasteiger partial charge is 0.479 e. The molecule has 1 atom stereocenters. The molecule has 1 aliphatic heterocycles. The summed E-state index contributed by atoms with van der Waals surface area (Å²) in [6.07, 6.45) is -0.509. The van der Waals surface area contributed by atoms with Gasteiger partial charge in [0, 0.05) is 10.6 Å². The lowest BCUT2D eigenvalue weighted by Gasteiger charge is -2.23. The highest BCUT2D eigenvalue weighted by Crippen LogP contribution is 2.32. The monoisotopic (exact) mass is 328 g/mol. The Morgan fingerprint density at radius 3 is 2.83 bits per heavy atom. The van der Waals surface area contributed by atoms with Gasteiger partial charge < -0.3 is 15.4 Å². The van der Waals surface area contributed by atoms with Gasteiger partial charge in [0.1, 0.15) is 5.75 Å². The number of nitrogens with one attached hydrogen (secondary N) is 2. The average molecular weight is 328 g/mol. The van der Waals surface area contributed by atoms with Crippen molar-refractivity contribution in [1.82, 2.24) is 0 Å². The number of amides is 2. The van der Waals surface area contributed by atoms with Crippen LogP contribution in [0.1, 0.15) is 6.92 Å². The van der Waals surface area contributed by atoms with Crippen LogP contribution in [0.25, 0.3) is 0 Å². The molecule has 1 heterocycles. The molecule has 0 spiro atoms. The van der Waals surface area contributed by atoms with Crippen LogP contribution in [-0.4, -0.2) is 23.7 Å². The van der Waals surface area contributed by atoms with E-state index >= 15 is 0 Å². The number of fused-ring (bicyclic) bond motifs is 1. The van der Waals surface area contributed by atoms with Crippen LogP contribution in [0.3, 0.4) is 0 Å². The van der Waals surface area contributed by atoms with Gasteiger partial charge in [-0.25, -0.2) is 0 Å². The first kappa shape index (κ1) is 15.4. The zero-order valence-electron chi connectivity index (χ0n) is 12.5. The highest BCUT2D eigenvalue weighted by atomic mass is 32.2. The van der Waals surface area contributed by atoms with E-state index in [4.69, 9.17) is 4.74 Å². The van der Waals surface area contributed by atoms with Crippen molar-refractivity contribution in [1.29, 1.82) is 0 Å². The molecule has 118 valence electrons. The first-order valence-corrected chi connectivity index (χ1v) is 8.19. The van der Waals surface area contributed by atoms with Gasteiger partial charge in [0.2, 0.25) is 5.91 Å². The van der Waals surface area contributed by atoms with Crippen LogP contribution in [0.4, 0.5) is 11.4 Å². The number of carbonyl (C=O) groups is 2. The van der Waals surface area contributed by atoms with Crippen LogP contribution in [0.2, 0.25) is 0 Å². The highest BCUT2D eigenvalue weighted by molar-refractivity contribution is 8.00. The maximum absolute atomic E-state index is 12.0. The van der Waals surface area contributed by atoms with Crippen molar-refractivity contribution in [2.75, 3.05) is 16.4 Å². The van der Waals surface area contributed by atoms with E-state index in [1.807, 2.05) is 30.3 Å². The normalized spacial score (nSPS) is 16.0. The van der Waals surface area contributed by atoms with Crippen LogP contribution in [0.5, 0.6) is 5.75 Å². The van der Waals surface area contributed by atoms with Crippen molar-refractivity contribution in [3.8, 4) is 5.75 Å². The Morgan fingerprint density at radius 2 is 2.04 bits per heavy atom. The minimum Gasteiger partial charge on any atom is -0.479 e. The highest BCUT2D eigenvalue weighted by Gasteiger charge is 2.23. The van der Waals surface area contributed by atoms with Crippen molar-refractivity contribution in [3.05, 3.63) is 48.5 Å². The fourth-order valence-electron chi connectivity index (χ4n) is 2.15. The Morgan fingerprint density at radius 1 is 1.26 bits per heavy atom. The minimum absolute atomic E-state index is 0.102. The molecule has 0 fully saturated rings. The van der Waals surface area contributed by atoms with Crippen molar-refractivity contribution < 1.29 is 14.3 Å². The summed E-state index contributed by atoms with van der Waals surface area (Å²) in [7, 11) is 0. The van der Waals surface area contributed by atoms with Crippen LogP contribution in [0, 0.1) is 0 Å². The molecule has 0 unspecified atom stereocenters. The first-order chi connectivity index (χ1) is 11.1. The quantitative estimate of drug-likeness (QED) is 0.846. The fraction of sp³-hybridized carbons (Fsp3) is 0.176. The smallest absolute Gasteiger partial charge is 0.265 e. The Bertz CT molecular complexity index is 734. The topological polar surface area (TPSA) is 67.4 Å². The van der Waals surface area contributed by atoms with Gasteiger partial charge in [-0.1, -0.05) is 18.2 Å². The number of thioether (sulfide) groups is 1. The molecule has 2 amide bonds. The Balaban J connectivity index is 1.61. The van der Waals surface area contributed by atoms with Crippen LogP contribution in [-0.2, 0) is 9.59 Å². The van der Waals surface area contributed by atoms with Gasteiger partial charge in [-0.3, -0.25) is 9.59 Å². The van der Waals surface area contributed by atoms with E-state index in [9.17, 15) is 9.59 Å². The third-order valence-corrected chi connectivity index (χ3v) is 4.32. The summed E-state index contributed by atoms with van der Waals surface area (Å²) in [4.78, 5) is 24.7. The van der Waals surface area contributed by atoms with Crippen molar-refractivity contribution >= 4 is 35.0 Å². The molecule has 0 aliphatic carbocycles. The third-order valence-electron chi connectivity index (χ3n) is 3.31. The van der Waals surface area contributed by atoms with Crippen molar-refractivity contribution in [3.63, 3.8) is 0 Å². The van der Waals surface area contributed by atoms with E-state index in [0.717, 1.165) is 4.90 Å². The van der Waals surface area contributed by atoms with Gasteiger partial charge in [0.15, 0.2) is 6.10 Å². The van der Waals surface area contributed by atoms with Crippen molar-refractivity contribution in [2.45, 2.75) is 17.9 Å². The number of anilines is 2. The maximum atomic E-state index is 12.0.